The number of hydrogen-bond acceptors (Lipinski definition) is 6. The average Bonchev–Trinajstić information content (AvgIpc) is 2.97. The lowest BCUT2D eigenvalue weighted by Gasteiger charge is -2.23. The van der Waals surface area contributed by atoms with Crippen LogP contribution in [0.1, 0.15) is 10.4 Å². The predicted octanol–water partition coefficient (Wildman–Crippen LogP) is 0.00540. The summed E-state index contributed by atoms with van der Waals surface area (Å²) in [6, 6.07) is 4.54. The topological polar surface area (TPSA) is 93.5 Å². The number of aliphatic hydroxyl groups is 2. The van der Waals surface area contributed by atoms with Gasteiger partial charge in [0.2, 0.25) is 0 Å². The molecule has 3 N–H and O–H groups in total. The van der Waals surface area contributed by atoms with E-state index >= 15 is 0 Å². The van der Waals surface area contributed by atoms with Crippen LogP contribution < -0.4 is 4.74 Å². The van der Waals surface area contributed by atoms with E-state index < -0.39 is 0 Å². The number of carbonyl (C=O) groups is 1. The van der Waals surface area contributed by atoms with Gasteiger partial charge in [-0.2, -0.15) is 0 Å². The van der Waals surface area contributed by atoms with E-state index in [0.29, 0.717) is 31.7 Å². The van der Waals surface area contributed by atoms with Crippen molar-refractivity contribution in [3.63, 3.8) is 0 Å². The van der Waals surface area contributed by atoms with Crippen molar-refractivity contribution < 1.29 is 24.9 Å². The second-order valence-corrected chi connectivity index (χ2v) is 6.29. The van der Waals surface area contributed by atoms with E-state index in [1.54, 1.807) is 11.0 Å². The second-order valence-electron chi connectivity index (χ2n) is 6.29. The monoisotopic (exact) mass is 338 g/mol. The molecule has 134 valence electrons. The zero-order valence-electron chi connectivity index (χ0n) is 14.2. The fraction of sp³-hybridized carbons (Fsp3) is 0.588. The summed E-state index contributed by atoms with van der Waals surface area (Å²) >= 11 is 0. The van der Waals surface area contributed by atoms with Gasteiger partial charge in [0.25, 0.3) is 5.91 Å². The SMILES string of the molecule is COc1cc(C(=O)N2CC(CO)C(CN(C)CCO)C2)ccc1O. The van der Waals surface area contributed by atoms with E-state index in [1.807, 2.05) is 11.9 Å². The van der Waals surface area contributed by atoms with E-state index in [9.17, 15) is 15.0 Å². The molecule has 2 unspecified atom stereocenters. The molecular formula is C17H26N2O5. The summed E-state index contributed by atoms with van der Waals surface area (Å²) in [6.07, 6.45) is 0. The third kappa shape index (κ3) is 4.17. The van der Waals surface area contributed by atoms with Gasteiger partial charge in [0.05, 0.1) is 13.7 Å². The molecule has 2 rings (SSSR count). The Hall–Kier alpha value is -1.83. The molecule has 24 heavy (non-hydrogen) atoms. The highest BCUT2D eigenvalue weighted by Gasteiger charge is 2.35. The first-order valence-electron chi connectivity index (χ1n) is 8.06. The molecule has 0 aliphatic carbocycles. The lowest BCUT2D eigenvalue weighted by molar-refractivity contribution is 0.0778. The van der Waals surface area contributed by atoms with Gasteiger partial charge in [-0.05, 0) is 31.2 Å². The summed E-state index contributed by atoms with van der Waals surface area (Å²) < 4.78 is 5.05. The van der Waals surface area contributed by atoms with Crippen molar-refractivity contribution in [3.8, 4) is 11.5 Å². The average molecular weight is 338 g/mol. The van der Waals surface area contributed by atoms with Crippen molar-refractivity contribution in [2.75, 3.05) is 53.6 Å². The van der Waals surface area contributed by atoms with E-state index in [2.05, 4.69) is 0 Å². The molecule has 0 radical (unpaired) electrons. The maximum atomic E-state index is 12.7. The third-order valence-corrected chi connectivity index (χ3v) is 4.55. The first-order chi connectivity index (χ1) is 11.5. The number of amides is 1. The first-order valence-corrected chi connectivity index (χ1v) is 8.06. The zero-order chi connectivity index (χ0) is 17.7. The Morgan fingerprint density at radius 3 is 2.67 bits per heavy atom. The highest BCUT2D eigenvalue weighted by Crippen LogP contribution is 2.29. The van der Waals surface area contributed by atoms with Crippen LogP contribution in [0.5, 0.6) is 11.5 Å². The minimum atomic E-state index is -0.140. The number of phenolic OH excluding ortho intramolecular Hbond substituents is 1. The number of aromatic hydroxyl groups is 1. The number of ether oxygens (including phenoxy) is 1. The third-order valence-electron chi connectivity index (χ3n) is 4.55. The summed E-state index contributed by atoms with van der Waals surface area (Å²) in [5.41, 5.74) is 0.450. The number of likely N-dealkylation sites (N-methyl/N-ethyl adjacent to an activating group) is 1. The molecule has 1 aliphatic heterocycles. The normalized spacial score (nSPS) is 20.6. The molecular weight excluding hydrogens is 312 g/mol. The molecule has 0 saturated carbocycles. The zero-order valence-corrected chi connectivity index (χ0v) is 14.2. The molecule has 1 aromatic rings. The summed E-state index contributed by atoms with van der Waals surface area (Å²) in [5.74, 6) is 0.299. The smallest absolute Gasteiger partial charge is 0.254 e. The Labute approximate surface area is 142 Å². The van der Waals surface area contributed by atoms with Gasteiger partial charge < -0.3 is 29.9 Å². The van der Waals surface area contributed by atoms with Crippen molar-refractivity contribution in [1.82, 2.24) is 9.80 Å². The largest absolute Gasteiger partial charge is 0.504 e. The molecule has 0 bridgehead atoms. The molecule has 1 heterocycles. The van der Waals surface area contributed by atoms with Crippen molar-refractivity contribution in [1.29, 1.82) is 0 Å². The van der Waals surface area contributed by atoms with Crippen LogP contribution in [0.25, 0.3) is 0 Å². The molecule has 7 heteroatoms. The molecule has 1 fully saturated rings. The number of likely N-dealkylation sites (tertiary alicyclic amines) is 1. The molecule has 2 atom stereocenters. The maximum absolute atomic E-state index is 12.7. The standard InChI is InChI=1S/C17H26N2O5/c1-18(5-6-20)8-13-9-19(10-14(13)11-21)17(23)12-3-4-15(22)16(7-12)24-2/h3-4,7,13-14,20-22H,5-6,8-11H2,1-2H3. The summed E-state index contributed by atoms with van der Waals surface area (Å²) in [6.45, 7) is 2.45. The number of benzene rings is 1. The van der Waals surface area contributed by atoms with Gasteiger partial charge in [-0.3, -0.25) is 4.79 Å². The molecule has 0 spiro atoms. The van der Waals surface area contributed by atoms with Gasteiger partial charge in [-0.1, -0.05) is 0 Å². The van der Waals surface area contributed by atoms with Gasteiger partial charge in [0.15, 0.2) is 11.5 Å². The van der Waals surface area contributed by atoms with Crippen molar-refractivity contribution in [2.24, 2.45) is 11.8 Å². The van der Waals surface area contributed by atoms with Gasteiger partial charge in [-0.15, -0.1) is 0 Å². The molecule has 1 saturated heterocycles. The Kier molecular flexibility index (Phi) is 6.42. The molecule has 1 amide bonds. The Bertz CT molecular complexity index is 566. The van der Waals surface area contributed by atoms with Gasteiger partial charge in [0.1, 0.15) is 0 Å². The summed E-state index contributed by atoms with van der Waals surface area (Å²) in [7, 11) is 3.36. The molecule has 1 aliphatic rings. The van der Waals surface area contributed by atoms with Crippen LogP contribution >= 0.6 is 0 Å². The number of nitrogens with zero attached hydrogens (tertiary/aromatic N) is 2. The van der Waals surface area contributed by atoms with Crippen molar-refractivity contribution in [2.45, 2.75) is 0 Å². The number of aliphatic hydroxyl groups excluding tert-OH is 2. The maximum Gasteiger partial charge on any atom is 0.254 e. The predicted molar refractivity (Wildman–Crippen MR) is 89.2 cm³/mol. The van der Waals surface area contributed by atoms with Crippen LogP contribution in [0.2, 0.25) is 0 Å². The lowest BCUT2D eigenvalue weighted by Crippen LogP contribution is -2.33. The van der Waals surface area contributed by atoms with Gasteiger partial charge in [0, 0.05) is 44.3 Å². The summed E-state index contributed by atoms with van der Waals surface area (Å²) in [5, 5.41) is 28.3. The number of rotatable bonds is 7. The van der Waals surface area contributed by atoms with Gasteiger partial charge in [-0.25, -0.2) is 0 Å². The highest BCUT2D eigenvalue weighted by atomic mass is 16.5. The van der Waals surface area contributed by atoms with Crippen molar-refractivity contribution >= 4 is 5.91 Å². The van der Waals surface area contributed by atoms with E-state index in [0.717, 1.165) is 0 Å². The van der Waals surface area contributed by atoms with Crippen LogP contribution in [-0.2, 0) is 0 Å². The van der Waals surface area contributed by atoms with Gasteiger partial charge >= 0.3 is 0 Å². The highest BCUT2D eigenvalue weighted by molar-refractivity contribution is 5.95. The van der Waals surface area contributed by atoms with Crippen LogP contribution in [0.3, 0.4) is 0 Å². The number of phenols is 1. The number of hydrogen-bond donors (Lipinski definition) is 3. The Morgan fingerprint density at radius 2 is 2.04 bits per heavy atom. The fourth-order valence-corrected chi connectivity index (χ4v) is 3.17. The van der Waals surface area contributed by atoms with E-state index in [-0.39, 0.29) is 42.5 Å². The van der Waals surface area contributed by atoms with Crippen LogP contribution in [-0.4, -0.2) is 84.6 Å². The Balaban J connectivity index is 2.08. The molecule has 7 nitrogen and oxygen atoms in total. The number of carbonyl (C=O) groups excluding carboxylic acids is 1. The minimum absolute atomic E-state index is 0.00721. The van der Waals surface area contributed by atoms with Crippen molar-refractivity contribution in [3.05, 3.63) is 23.8 Å². The quantitative estimate of drug-likeness (QED) is 0.648. The minimum Gasteiger partial charge on any atom is -0.504 e. The lowest BCUT2D eigenvalue weighted by atomic mass is 9.96. The summed E-state index contributed by atoms with van der Waals surface area (Å²) in [4.78, 5) is 16.4. The van der Waals surface area contributed by atoms with Crippen LogP contribution in [0, 0.1) is 11.8 Å². The first kappa shape index (κ1) is 18.5. The molecule has 1 aromatic carbocycles. The Morgan fingerprint density at radius 1 is 1.33 bits per heavy atom. The molecule has 0 aromatic heterocycles. The number of methoxy groups -OCH3 is 1. The second kappa shape index (κ2) is 8.32. The van der Waals surface area contributed by atoms with E-state index in [1.165, 1.54) is 19.2 Å². The van der Waals surface area contributed by atoms with Crippen LogP contribution in [0.15, 0.2) is 18.2 Å². The fourth-order valence-electron chi connectivity index (χ4n) is 3.17. The van der Waals surface area contributed by atoms with E-state index in [4.69, 9.17) is 9.84 Å². The van der Waals surface area contributed by atoms with Crippen LogP contribution in [0.4, 0.5) is 0 Å².